The summed E-state index contributed by atoms with van der Waals surface area (Å²) in [5.74, 6) is 0. The minimum atomic E-state index is -3.80. The van der Waals surface area contributed by atoms with Gasteiger partial charge in [-0.3, -0.25) is 0 Å². The van der Waals surface area contributed by atoms with Crippen LogP contribution in [0.3, 0.4) is 0 Å². The third kappa shape index (κ3) is 3.04. The highest BCUT2D eigenvalue weighted by Gasteiger charge is 2.19. The fourth-order valence-electron chi connectivity index (χ4n) is 2.82. The van der Waals surface area contributed by atoms with E-state index in [4.69, 9.17) is 5.14 Å². The Balaban J connectivity index is 2.34. The second kappa shape index (κ2) is 5.99. The van der Waals surface area contributed by atoms with Crippen LogP contribution in [-0.2, 0) is 10.0 Å². The lowest BCUT2D eigenvalue weighted by Crippen LogP contribution is -2.14. The molecule has 0 bridgehead atoms. The smallest absolute Gasteiger partial charge is 0.225 e. The summed E-state index contributed by atoms with van der Waals surface area (Å²) in [5.41, 5.74) is 4.44. The van der Waals surface area contributed by atoms with E-state index in [0.29, 0.717) is 5.56 Å². The molecule has 0 heterocycles. The molecule has 0 aliphatic heterocycles. The molecule has 0 spiro atoms. The van der Waals surface area contributed by atoms with Crippen molar-refractivity contribution in [2.75, 3.05) is 0 Å². The van der Waals surface area contributed by atoms with Crippen LogP contribution in [-0.4, -0.2) is 8.42 Å². The molecule has 0 atom stereocenters. The lowest BCUT2D eigenvalue weighted by Gasteiger charge is -2.16. The molecule has 0 aromatic heterocycles. The molecule has 3 aromatic carbocycles. The summed E-state index contributed by atoms with van der Waals surface area (Å²) in [6.45, 7) is 1.93. The van der Waals surface area contributed by atoms with Crippen molar-refractivity contribution in [3.8, 4) is 22.3 Å². The standard InChI is InChI=1S/C19H17NO2S/c1-14-17(15-8-4-2-5-9-15)12-13-18(23(20,21)22)19(14)16-10-6-3-7-11-16/h2-13H,1H3,(H2,20,21,22). The molecule has 116 valence electrons. The van der Waals surface area contributed by atoms with Crippen molar-refractivity contribution in [3.05, 3.63) is 78.4 Å². The van der Waals surface area contributed by atoms with Gasteiger partial charge in [0.2, 0.25) is 10.0 Å². The summed E-state index contributed by atoms with van der Waals surface area (Å²) in [5, 5.41) is 5.42. The van der Waals surface area contributed by atoms with E-state index in [2.05, 4.69) is 0 Å². The first-order valence-corrected chi connectivity index (χ1v) is 8.80. The molecule has 0 unspecified atom stereocenters. The van der Waals surface area contributed by atoms with Gasteiger partial charge in [0, 0.05) is 5.56 Å². The van der Waals surface area contributed by atoms with E-state index < -0.39 is 10.0 Å². The molecule has 0 radical (unpaired) electrons. The maximum atomic E-state index is 12.0. The molecule has 3 aromatic rings. The predicted octanol–water partition coefficient (Wildman–Crippen LogP) is 3.98. The lowest BCUT2D eigenvalue weighted by molar-refractivity contribution is 0.598. The minimum absolute atomic E-state index is 0.154. The average Bonchev–Trinajstić information content (AvgIpc) is 2.55. The first-order valence-electron chi connectivity index (χ1n) is 7.26. The van der Waals surface area contributed by atoms with E-state index in [1.165, 1.54) is 0 Å². The van der Waals surface area contributed by atoms with Gasteiger partial charge in [0.25, 0.3) is 0 Å². The highest BCUT2D eigenvalue weighted by Crippen LogP contribution is 2.36. The van der Waals surface area contributed by atoms with E-state index in [1.807, 2.05) is 73.7 Å². The number of hydrogen-bond donors (Lipinski definition) is 1. The van der Waals surface area contributed by atoms with Gasteiger partial charge in [-0.2, -0.15) is 0 Å². The maximum Gasteiger partial charge on any atom is 0.238 e. The van der Waals surface area contributed by atoms with Gasteiger partial charge >= 0.3 is 0 Å². The zero-order chi connectivity index (χ0) is 16.4. The first kappa shape index (κ1) is 15.5. The Bertz CT molecular complexity index is 934. The van der Waals surface area contributed by atoms with Crippen LogP contribution < -0.4 is 5.14 Å². The van der Waals surface area contributed by atoms with Crippen molar-refractivity contribution in [2.24, 2.45) is 5.14 Å². The van der Waals surface area contributed by atoms with Crippen molar-refractivity contribution in [1.29, 1.82) is 0 Å². The van der Waals surface area contributed by atoms with Crippen molar-refractivity contribution < 1.29 is 8.42 Å². The number of sulfonamides is 1. The molecular weight excluding hydrogens is 306 g/mol. The fourth-order valence-corrected chi connectivity index (χ4v) is 3.63. The molecule has 0 fully saturated rings. The van der Waals surface area contributed by atoms with Crippen LogP contribution in [0.2, 0.25) is 0 Å². The molecule has 2 N–H and O–H groups in total. The van der Waals surface area contributed by atoms with Crippen molar-refractivity contribution in [2.45, 2.75) is 11.8 Å². The van der Waals surface area contributed by atoms with E-state index >= 15 is 0 Å². The number of nitrogens with two attached hydrogens (primary N) is 1. The van der Waals surface area contributed by atoms with Crippen molar-refractivity contribution in [1.82, 2.24) is 0 Å². The molecule has 23 heavy (non-hydrogen) atoms. The second-order valence-corrected chi connectivity index (χ2v) is 6.92. The van der Waals surface area contributed by atoms with Crippen LogP contribution in [0.4, 0.5) is 0 Å². The number of benzene rings is 3. The van der Waals surface area contributed by atoms with E-state index in [1.54, 1.807) is 6.07 Å². The normalized spacial score (nSPS) is 11.4. The van der Waals surface area contributed by atoms with Crippen LogP contribution in [0.1, 0.15) is 5.56 Å². The molecule has 3 rings (SSSR count). The molecule has 0 aliphatic rings. The van der Waals surface area contributed by atoms with Gasteiger partial charge in [0.15, 0.2) is 0 Å². The largest absolute Gasteiger partial charge is 0.238 e. The van der Waals surface area contributed by atoms with Gasteiger partial charge in [-0.05, 0) is 35.2 Å². The molecule has 3 nitrogen and oxygen atoms in total. The van der Waals surface area contributed by atoms with Crippen LogP contribution in [0.25, 0.3) is 22.3 Å². The number of primary sulfonamides is 1. The summed E-state index contributed by atoms with van der Waals surface area (Å²) >= 11 is 0. The summed E-state index contributed by atoms with van der Waals surface area (Å²) in [4.78, 5) is 0.154. The third-order valence-corrected chi connectivity index (χ3v) is 4.83. The number of hydrogen-bond acceptors (Lipinski definition) is 2. The monoisotopic (exact) mass is 323 g/mol. The van der Waals surface area contributed by atoms with Gasteiger partial charge in [0.05, 0.1) is 4.90 Å². The Hall–Kier alpha value is -2.43. The van der Waals surface area contributed by atoms with Gasteiger partial charge in [-0.15, -0.1) is 0 Å². The molecule has 0 saturated heterocycles. The zero-order valence-corrected chi connectivity index (χ0v) is 13.5. The second-order valence-electron chi connectivity index (χ2n) is 5.39. The minimum Gasteiger partial charge on any atom is -0.225 e. The summed E-state index contributed by atoms with van der Waals surface area (Å²) in [7, 11) is -3.80. The lowest BCUT2D eigenvalue weighted by atomic mass is 9.93. The quantitative estimate of drug-likeness (QED) is 0.792. The Morgan fingerprint density at radius 3 is 1.78 bits per heavy atom. The van der Waals surface area contributed by atoms with Crippen LogP contribution in [0, 0.1) is 6.92 Å². The Morgan fingerprint density at radius 1 is 0.739 bits per heavy atom. The average molecular weight is 323 g/mol. The topological polar surface area (TPSA) is 60.2 Å². The Morgan fingerprint density at radius 2 is 1.26 bits per heavy atom. The summed E-state index contributed by atoms with van der Waals surface area (Å²) < 4.78 is 24.0. The highest BCUT2D eigenvalue weighted by atomic mass is 32.2. The van der Waals surface area contributed by atoms with Gasteiger partial charge in [0.1, 0.15) is 0 Å². The molecule has 0 aliphatic carbocycles. The number of rotatable bonds is 3. The van der Waals surface area contributed by atoms with Crippen LogP contribution in [0.5, 0.6) is 0 Å². The molecule has 4 heteroatoms. The van der Waals surface area contributed by atoms with Gasteiger partial charge in [-0.25, -0.2) is 13.6 Å². The van der Waals surface area contributed by atoms with Crippen LogP contribution in [0.15, 0.2) is 77.7 Å². The van der Waals surface area contributed by atoms with Gasteiger partial charge in [-0.1, -0.05) is 66.7 Å². The molecule has 0 saturated carbocycles. The summed E-state index contributed by atoms with van der Waals surface area (Å²) in [6, 6.07) is 22.8. The van der Waals surface area contributed by atoms with Crippen molar-refractivity contribution in [3.63, 3.8) is 0 Å². The fraction of sp³-hybridized carbons (Fsp3) is 0.0526. The Labute approximate surface area is 136 Å². The third-order valence-electron chi connectivity index (χ3n) is 3.88. The molecule has 0 amide bonds. The van der Waals surface area contributed by atoms with E-state index in [0.717, 1.165) is 22.3 Å². The highest BCUT2D eigenvalue weighted by molar-refractivity contribution is 7.89. The SMILES string of the molecule is Cc1c(-c2ccccc2)ccc(S(N)(=O)=O)c1-c1ccccc1. The maximum absolute atomic E-state index is 12.0. The first-order chi connectivity index (χ1) is 11.0. The Kier molecular flexibility index (Phi) is 4.03. The zero-order valence-electron chi connectivity index (χ0n) is 12.7. The van der Waals surface area contributed by atoms with E-state index in [-0.39, 0.29) is 4.90 Å². The van der Waals surface area contributed by atoms with Crippen molar-refractivity contribution >= 4 is 10.0 Å². The molecular formula is C19H17NO2S. The van der Waals surface area contributed by atoms with Gasteiger partial charge < -0.3 is 0 Å². The van der Waals surface area contributed by atoms with Crippen LogP contribution >= 0.6 is 0 Å². The summed E-state index contributed by atoms with van der Waals surface area (Å²) in [6.07, 6.45) is 0. The van der Waals surface area contributed by atoms with E-state index in [9.17, 15) is 8.42 Å². The predicted molar refractivity (Wildman–Crippen MR) is 93.4 cm³/mol.